The number of nitrogens with zero attached hydrogens (tertiary/aromatic N) is 2. The Morgan fingerprint density at radius 1 is 1.30 bits per heavy atom. The molecule has 2 aliphatic rings. The fourth-order valence-electron chi connectivity index (χ4n) is 3.58. The fourth-order valence-corrected chi connectivity index (χ4v) is 3.58. The predicted octanol–water partition coefficient (Wildman–Crippen LogP) is 1.45. The van der Waals surface area contributed by atoms with E-state index in [2.05, 4.69) is 40.5 Å². The van der Waals surface area contributed by atoms with E-state index in [0.717, 1.165) is 32.7 Å². The second-order valence-electron chi connectivity index (χ2n) is 6.87. The molecular weight excluding hydrogens is 290 g/mol. The molecule has 0 radical (unpaired) electrons. The lowest BCUT2D eigenvalue weighted by molar-refractivity contribution is 0.0952. The van der Waals surface area contributed by atoms with Gasteiger partial charge in [0.1, 0.15) is 0 Å². The number of ether oxygens (including phenoxy) is 1. The van der Waals surface area contributed by atoms with Crippen LogP contribution in [0, 0.1) is 11.8 Å². The van der Waals surface area contributed by atoms with Crippen molar-refractivity contribution in [2.45, 2.75) is 12.5 Å². The Morgan fingerprint density at radius 2 is 2.09 bits per heavy atom. The Kier molecular flexibility index (Phi) is 5.18. The van der Waals surface area contributed by atoms with Gasteiger partial charge in [-0.1, -0.05) is 30.3 Å². The number of likely N-dealkylation sites (tertiary alicyclic amines) is 1. The number of amides is 2. The third-order valence-corrected chi connectivity index (χ3v) is 5.00. The molecule has 0 bridgehead atoms. The monoisotopic (exact) mass is 317 g/mol. The molecule has 1 aromatic carbocycles. The Balaban J connectivity index is 1.45. The van der Waals surface area contributed by atoms with Crippen LogP contribution in [0.25, 0.3) is 0 Å². The van der Waals surface area contributed by atoms with E-state index >= 15 is 0 Å². The number of benzene rings is 1. The van der Waals surface area contributed by atoms with Gasteiger partial charge >= 0.3 is 6.03 Å². The smallest absolute Gasteiger partial charge is 0.316 e. The zero-order valence-corrected chi connectivity index (χ0v) is 14.1. The quantitative estimate of drug-likeness (QED) is 0.894. The Labute approximate surface area is 138 Å². The van der Waals surface area contributed by atoms with Crippen LogP contribution in [0.4, 0.5) is 4.79 Å². The molecule has 0 unspecified atom stereocenters. The molecule has 0 spiro atoms. The number of nitrogens with one attached hydrogen (secondary N) is 1. The maximum absolute atomic E-state index is 11.7. The van der Waals surface area contributed by atoms with E-state index < -0.39 is 0 Å². The summed E-state index contributed by atoms with van der Waals surface area (Å²) in [7, 11) is 3.54. The summed E-state index contributed by atoms with van der Waals surface area (Å²) in [4.78, 5) is 15.8. The van der Waals surface area contributed by atoms with Gasteiger partial charge in [-0.2, -0.15) is 0 Å². The minimum absolute atomic E-state index is 0.0209. The van der Waals surface area contributed by atoms with Crippen molar-refractivity contribution in [3.05, 3.63) is 35.9 Å². The van der Waals surface area contributed by atoms with E-state index in [1.54, 1.807) is 19.0 Å². The molecule has 2 saturated heterocycles. The van der Waals surface area contributed by atoms with Gasteiger partial charge in [-0.25, -0.2) is 4.79 Å². The Morgan fingerprint density at radius 3 is 2.83 bits per heavy atom. The Hall–Kier alpha value is -1.59. The van der Waals surface area contributed by atoms with Gasteiger partial charge in [0.15, 0.2) is 0 Å². The molecule has 3 atom stereocenters. The van der Waals surface area contributed by atoms with E-state index in [4.69, 9.17) is 4.74 Å². The lowest BCUT2D eigenvalue weighted by atomic mass is 9.93. The largest absolute Gasteiger partial charge is 0.376 e. The van der Waals surface area contributed by atoms with Gasteiger partial charge in [-0.15, -0.1) is 0 Å². The predicted molar refractivity (Wildman–Crippen MR) is 90.4 cm³/mol. The molecule has 5 nitrogen and oxygen atoms in total. The summed E-state index contributed by atoms with van der Waals surface area (Å²) < 4.78 is 5.96. The third-order valence-electron chi connectivity index (χ3n) is 5.00. The SMILES string of the molecule is CN(C)C(=O)NC[C@@H]1CO[C@@H]2CN(CCc3ccccc3)C[C@H]12. The molecule has 0 saturated carbocycles. The van der Waals surface area contributed by atoms with E-state index in [0.29, 0.717) is 24.5 Å². The van der Waals surface area contributed by atoms with Crippen LogP contribution in [-0.2, 0) is 11.2 Å². The normalized spacial score (nSPS) is 27.0. The average Bonchev–Trinajstić information content (AvgIpc) is 3.12. The van der Waals surface area contributed by atoms with Crippen LogP contribution < -0.4 is 5.32 Å². The van der Waals surface area contributed by atoms with Gasteiger partial charge in [0.2, 0.25) is 0 Å². The highest BCUT2D eigenvalue weighted by Gasteiger charge is 2.43. The zero-order chi connectivity index (χ0) is 16.2. The highest BCUT2D eigenvalue weighted by atomic mass is 16.5. The number of carbonyl (C=O) groups is 1. The first kappa shape index (κ1) is 16.3. The summed E-state index contributed by atoms with van der Waals surface area (Å²) >= 11 is 0. The molecule has 2 heterocycles. The van der Waals surface area contributed by atoms with Crippen LogP contribution >= 0.6 is 0 Å². The molecular formula is C18H27N3O2. The van der Waals surface area contributed by atoms with Crippen molar-refractivity contribution >= 4 is 6.03 Å². The topological polar surface area (TPSA) is 44.8 Å². The maximum Gasteiger partial charge on any atom is 0.316 e. The first-order valence-electron chi connectivity index (χ1n) is 8.46. The van der Waals surface area contributed by atoms with Crippen molar-refractivity contribution in [3.63, 3.8) is 0 Å². The number of rotatable bonds is 5. The molecule has 2 fully saturated rings. The van der Waals surface area contributed by atoms with Crippen molar-refractivity contribution < 1.29 is 9.53 Å². The van der Waals surface area contributed by atoms with E-state index in [1.165, 1.54) is 5.56 Å². The van der Waals surface area contributed by atoms with Crippen molar-refractivity contribution in [3.8, 4) is 0 Å². The molecule has 5 heteroatoms. The standard InChI is InChI=1S/C18H27N3O2/c1-20(2)18(22)19-10-15-13-23-17-12-21(11-16(15)17)9-8-14-6-4-3-5-7-14/h3-7,15-17H,8-13H2,1-2H3,(H,19,22)/t15-,16-,17-/m1/s1. The van der Waals surface area contributed by atoms with Crippen LogP contribution in [-0.4, -0.2) is 68.8 Å². The van der Waals surface area contributed by atoms with Crippen LogP contribution in [0.15, 0.2) is 30.3 Å². The van der Waals surface area contributed by atoms with Gasteiger partial charge in [-0.05, 0) is 12.0 Å². The minimum Gasteiger partial charge on any atom is -0.376 e. The molecule has 2 aliphatic heterocycles. The summed E-state index contributed by atoms with van der Waals surface area (Å²) in [6.07, 6.45) is 1.43. The summed E-state index contributed by atoms with van der Waals surface area (Å²) in [6.45, 7) is 4.67. The second kappa shape index (κ2) is 7.32. The van der Waals surface area contributed by atoms with Crippen molar-refractivity contribution in [1.29, 1.82) is 0 Å². The van der Waals surface area contributed by atoms with Crippen LogP contribution in [0.2, 0.25) is 0 Å². The first-order chi connectivity index (χ1) is 11.1. The maximum atomic E-state index is 11.7. The Bertz CT molecular complexity index is 520. The van der Waals surface area contributed by atoms with Gasteiger partial charge in [0.05, 0.1) is 12.7 Å². The lowest BCUT2D eigenvalue weighted by Gasteiger charge is -2.21. The van der Waals surface area contributed by atoms with Gasteiger partial charge in [0, 0.05) is 52.1 Å². The van der Waals surface area contributed by atoms with Crippen molar-refractivity contribution in [2.24, 2.45) is 11.8 Å². The lowest BCUT2D eigenvalue weighted by Crippen LogP contribution is -2.39. The highest BCUT2D eigenvalue weighted by Crippen LogP contribution is 2.33. The number of fused-ring (bicyclic) bond motifs is 1. The third kappa shape index (κ3) is 4.03. The van der Waals surface area contributed by atoms with Crippen LogP contribution in [0.1, 0.15) is 5.56 Å². The van der Waals surface area contributed by atoms with Gasteiger partial charge < -0.3 is 19.9 Å². The second-order valence-corrected chi connectivity index (χ2v) is 6.87. The average molecular weight is 317 g/mol. The minimum atomic E-state index is -0.0209. The molecule has 126 valence electrons. The summed E-state index contributed by atoms with van der Waals surface area (Å²) in [5, 5.41) is 3.00. The molecule has 1 N–H and O–H groups in total. The van der Waals surface area contributed by atoms with Crippen molar-refractivity contribution in [2.75, 3.05) is 46.9 Å². The molecule has 1 aromatic rings. The molecule has 2 amide bonds. The zero-order valence-electron chi connectivity index (χ0n) is 14.1. The number of hydrogen-bond donors (Lipinski definition) is 1. The number of urea groups is 1. The molecule has 0 aromatic heterocycles. The van der Waals surface area contributed by atoms with Gasteiger partial charge in [-0.3, -0.25) is 0 Å². The summed E-state index contributed by atoms with van der Waals surface area (Å²) in [5.74, 6) is 0.985. The van der Waals surface area contributed by atoms with Gasteiger partial charge in [0.25, 0.3) is 0 Å². The van der Waals surface area contributed by atoms with E-state index in [9.17, 15) is 4.79 Å². The van der Waals surface area contributed by atoms with Crippen LogP contribution in [0.5, 0.6) is 0 Å². The van der Waals surface area contributed by atoms with E-state index in [1.807, 2.05) is 0 Å². The highest BCUT2D eigenvalue weighted by molar-refractivity contribution is 5.73. The number of hydrogen-bond acceptors (Lipinski definition) is 3. The summed E-state index contributed by atoms with van der Waals surface area (Å²) in [5.41, 5.74) is 1.39. The molecule has 23 heavy (non-hydrogen) atoms. The summed E-state index contributed by atoms with van der Waals surface area (Å²) in [6, 6.07) is 10.6. The van der Waals surface area contributed by atoms with Crippen LogP contribution in [0.3, 0.4) is 0 Å². The van der Waals surface area contributed by atoms with E-state index in [-0.39, 0.29) is 6.03 Å². The first-order valence-corrected chi connectivity index (χ1v) is 8.46. The molecule has 3 rings (SSSR count). The number of carbonyl (C=O) groups excluding carboxylic acids is 1. The van der Waals surface area contributed by atoms with Crippen molar-refractivity contribution in [1.82, 2.24) is 15.1 Å². The fraction of sp³-hybridized carbons (Fsp3) is 0.611. The molecule has 0 aliphatic carbocycles.